The van der Waals surface area contributed by atoms with Crippen molar-refractivity contribution in [3.63, 3.8) is 0 Å². The molecule has 0 radical (unpaired) electrons. The summed E-state index contributed by atoms with van der Waals surface area (Å²) in [6.45, 7) is 0. The molecule has 2 aliphatic rings. The zero-order valence-electron chi connectivity index (χ0n) is 30.6. The fourth-order valence-electron chi connectivity index (χ4n) is 9.17. The second kappa shape index (κ2) is 12.5. The van der Waals surface area contributed by atoms with Gasteiger partial charge >= 0.3 is 0 Å². The van der Waals surface area contributed by atoms with Gasteiger partial charge in [-0.3, -0.25) is 0 Å². The normalized spacial score (nSPS) is 13.3. The zero-order valence-corrected chi connectivity index (χ0v) is 31.4. The van der Waals surface area contributed by atoms with Crippen LogP contribution in [0.1, 0.15) is 22.3 Å². The maximum atomic E-state index is 6.48. The van der Waals surface area contributed by atoms with E-state index in [-0.39, 0.29) is 0 Å². The lowest BCUT2D eigenvalue weighted by atomic mass is 9.67. The van der Waals surface area contributed by atoms with Gasteiger partial charge in [-0.25, -0.2) is 15.0 Å². The second-order valence-corrected chi connectivity index (χ2v) is 15.8. The third-order valence-corrected chi connectivity index (χ3v) is 12.8. The summed E-state index contributed by atoms with van der Waals surface area (Å²) in [5.74, 6) is 1.89. The average Bonchev–Trinajstić information content (AvgIpc) is 3.80. The van der Waals surface area contributed by atoms with Crippen molar-refractivity contribution in [1.82, 2.24) is 15.0 Å². The van der Waals surface area contributed by atoms with Crippen molar-refractivity contribution < 1.29 is 4.42 Å². The number of aromatic nitrogens is 3. The molecule has 12 rings (SSSR count). The number of hydrogen-bond donors (Lipinski definition) is 0. The third kappa shape index (κ3) is 4.79. The van der Waals surface area contributed by atoms with E-state index in [1.807, 2.05) is 84.6 Å². The Kier molecular flexibility index (Phi) is 7.04. The van der Waals surface area contributed by atoms with Crippen molar-refractivity contribution in [3.8, 4) is 56.4 Å². The molecule has 0 fully saturated rings. The summed E-state index contributed by atoms with van der Waals surface area (Å²) in [6.07, 6.45) is 0. The highest BCUT2D eigenvalue weighted by molar-refractivity contribution is 7.99. The fraction of sp³-hybridized carbons (Fsp3) is 0.0192. The van der Waals surface area contributed by atoms with Crippen molar-refractivity contribution in [3.05, 3.63) is 210 Å². The van der Waals surface area contributed by atoms with E-state index in [1.165, 1.54) is 48.7 Å². The lowest BCUT2D eigenvalue weighted by molar-refractivity contribution is 0.669. The molecule has 266 valence electrons. The average molecular weight is 746 g/mol. The quantitative estimate of drug-likeness (QED) is 0.180. The molecule has 0 bridgehead atoms. The Morgan fingerprint density at radius 3 is 1.47 bits per heavy atom. The van der Waals surface area contributed by atoms with Gasteiger partial charge in [0.1, 0.15) is 11.2 Å². The Labute approximate surface area is 333 Å². The number of rotatable bonds is 4. The number of nitrogens with zero attached hydrogens (tertiary/aromatic N) is 3. The smallest absolute Gasteiger partial charge is 0.164 e. The van der Waals surface area contributed by atoms with Crippen molar-refractivity contribution in [2.45, 2.75) is 15.2 Å². The van der Waals surface area contributed by atoms with Crippen LogP contribution in [0.5, 0.6) is 0 Å². The molecule has 5 heteroatoms. The first-order chi connectivity index (χ1) is 28.2. The summed E-state index contributed by atoms with van der Waals surface area (Å²) < 4.78 is 6.48. The van der Waals surface area contributed by atoms with Gasteiger partial charge in [-0.1, -0.05) is 157 Å². The molecule has 0 N–H and O–H groups in total. The van der Waals surface area contributed by atoms with Gasteiger partial charge in [0.05, 0.1) is 5.41 Å². The first kappa shape index (κ1) is 32.2. The molecule has 8 aromatic carbocycles. The van der Waals surface area contributed by atoms with Gasteiger partial charge in [0.25, 0.3) is 0 Å². The van der Waals surface area contributed by atoms with Crippen molar-refractivity contribution in [2.24, 2.45) is 0 Å². The summed E-state index contributed by atoms with van der Waals surface area (Å²) in [6, 6.07) is 66.8. The fourth-order valence-corrected chi connectivity index (χ4v) is 10.4. The lowest BCUT2D eigenvalue weighted by Crippen LogP contribution is -2.31. The number of furan rings is 1. The highest BCUT2D eigenvalue weighted by Crippen LogP contribution is 2.63. The van der Waals surface area contributed by atoms with E-state index in [2.05, 4.69) is 115 Å². The first-order valence-corrected chi connectivity index (χ1v) is 20.0. The van der Waals surface area contributed by atoms with Crippen LogP contribution in [-0.4, -0.2) is 15.0 Å². The molecule has 10 aromatic rings. The molecule has 0 unspecified atom stereocenters. The molecule has 1 aliphatic heterocycles. The van der Waals surface area contributed by atoms with Crippen LogP contribution < -0.4 is 0 Å². The summed E-state index contributed by atoms with van der Waals surface area (Å²) in [5, 5.41) is 2.07. The van der Waals surface area contributed by atoms with Crippen LogP contribution in [0.25, 0.3) is 78.4 Å². The minimum absolute atomic E-state index is 0.427. The number of hydrogen-bond acceptors (Lipinski definition) is 5. The van der Waals surface area contributed by atoms with Gasteiger partial charge < -0.3 is 4.42 Å². The van der Waals surface area contributed by atoms with Crippen LogP contribution in [0.15, 0.2) is 202 Å². The summed E-state index contributed by atoms with van der Waals surface area (Å²) >= 11 is 1.87. The van der Waals surface area contributed by atoms with Gasteiger partial charge in [0, 0.05) is 37.3 Å². The highest BCUT2D eigenvalue weighted by Gasteiger charge is 2.50. The van der Waals surface area contributed by atoms with E-state index in [0.29, 0.717) is 17.5 Å². The molecular formula is C52H31N3OS. The first-order valence-electron chi connectivity index (χ1n) is 19.2. The Morgan fingerprint density at radius 1 is 0.368 bits per heavy atom. The maximum absolute atomic E-state index is 6.48. The van der Waals surface area contributed by atoms with E-state index in [9.17, 15) is 0 Å². The highest BCUT2D eigenvalue weighted by atomic mass is 32.2. The summed E-state index contributed by atoms with van der Waals surface area (Å²) in [5.41, 5.74) is 14.2. The molecule has 1 spiro atoms. The minimum Gasteiger partial charge on any atom is -0.456 e. The summed E-state index contributed by atoms with van der Waals surface area (Å²) in [4.78, 5) is 17.5. The van der Waals surface area contributed by atoms with Crippen LogP contribution in [-0.2, 0) is 5.41 Å². The summed E-state index contributed by atoms with van der Waals surface area (Å²) in [7, 11) is 0. The maximum Gasteiger partial charge on any atom is 0.164 e. The van der Waals surface area contributed by atoms with Crippen LogP contribution in [0.3, 0.4) is 0 Å². The van der Waals surface area contributed by atoms with E-state index >= 15 is 0 Å². The Morgan fingerprint density at radius 2 is 0.842 bits per heavy atom. The molecule has 0 amide bonds. The van der Waals surface area contributed by atoms with Crippen molar-refractivity contribution in [2.75, 3.05) is 0 Å². The van der Waals surface area contributed by atoms with Crippen LogP contribution in [0.4, 0.5) is 0 Å². The van der Waals surface area contributed by atoms with Crippen LogP contribution in [0, 0.1) is 0 Å². The lowest BCUT2D eigenvalue weighted by Gasteiger charge is -2.39. The molecule has 0 atom stereocenters. The van der Waals surface area contributed by atoms with Gasteiger partial charge in [-0.2, -0.15) is 0 Å². The topological polar surface area (TPSA) is 51.8 Å². The Hall–Kier alpha value is -7.08. The largest absolute Gasteiger partial charge is 0.456 e. The predicted octanol–water partition coefficient (Wildman–Crippen LogP) is 13.3. The van der Waals surface area contributed by atoms with E-state index in [4.69, 9.17) is 19.4 Å². The molecule has 1 aliphatic carbocycles. The third-order valence-electron chi connectivity index (χ3n) is 11.6. The SMILES string of the molecule is c1ccc(-c2nc(-c3ccccc3)nc(-c3ccc4oc5ccc(-c6cccc7c6-c6ccccc6C76c7ccccc7Sc7ccccc76)cc5c4c3)n2)cc1. The van der Waals surface area contributed by atoms with Gasteiger partial charge in [-0.05, 0) is 87.0 Å². The molecule has 4 nitrogen and oxygen atoms in total. The number of fused-ring (bicyclic) bond motifs is 12. The Bertz CT molecular complexity index is 3120. The van der Waals surface area contributed by atoms with Crippen LogP contribution in [0.2, 0.25) is 0 Å². The van der Waals surface area contributed by atoms with Crippen molar-refractivity contribution >= 4 is 33.7 Å². The predicted molar refractivity (Wildman–Crippen MR) is 230 cm³/mol. The van der Waals surface area contributed by atoms with E-state index in [0.717, 1.165) is 44.2 Å². The van der Waals surface area contributed by atoms with Crippen LogP contribution >= 0.6 is 11.8 Å². The molecule has 2 aromatic heterocycles. The van der Waals surface area contributed by atoms with Crippen molar-refractivity contribution in [1.29, 1.82) is 0 Å². The molecule has 57 heavy (non-hydrogen) atoms. The van der Waals surface area contributed by atoms with Gasteiger partial charge in [0.2, 0.25) is 0 Å². The Balaban J connectivity index is 1.05. The zero-order chi connectivity index (χ0) is 37.5. The number of benzene rings is 8. The molecule has 0 saturated heterocycles. The minimum atomic E-state index is -0.427. The second-order valence-electron chi connectivity index (χ2n) is 14.7. The van der Waals surface area contributed by atoms with Gasteiger partial charge in [-0.15, -0.1) is 0 Å². The molecule has 3 heterocycles. The molecule has 0 saturated carbocycles. The van der Waals surface area contributed by atoms with E-state index in [1.54, 1.807) is 0 Å². The van der Waals surface area contributed by atoms with E-state index < -0.39 is 5.41 Å². The van der Waals surface area contributed by atoms with Gasteiger partial charge in [0.15, 0.2) is 17.5 Å². The molecular weight excluding hydrogens is 715 g/mol. The standard InChI is InChI=1S/C52H31N3OS/c1-3-14-32(15-4-1)49-53-50(33-16-5-2-6-17-33)55-51(54-49)35-27-29-45-39(31-35)38-30-34(26-28-44(38)56-45)36-19-13-23-43-48(36)37-18-7-8-20-40(37)52(43)41-21-9-11-24-46(41)57-47-25-12-10-22-42(47)52/h1-31H. The monoisotopic (exact) mass is 745 g/mol.